The maximum absolute atomic E-state index is 12.7. The zero-order chi connectivity index (χ0) is 16.7. The topological polar surface area (TPSA) is 93.1 Å². The van der Waals surface area contributed by atoms with Crippen LogP contribution in [-0.4, -0.2) is 36.0 Å². The molecule has 0 heterocycles. The van der Waals surface area contributed by atoms with Crippen LogP contribution >= 0.6 is 0 Å². The predicted molar refractivity (Wildman–Crippen MR) is 80.3 cm³/mol. The Hall–Kier alpha value is -2.86. The number of fused-ring (bicyclic) bond motifs is 2. The summed E-state index contributed by atoms with van der Waals surface area (Å²) >= 11 is 0. The minimum atomic E-state index is -0.497. The van der Waals surface area contributed by atoms with Crippen molar-refractivity contribution in [1.82, 2.24) is 0 Å². The molecule has 0 saturated heterocycles. The number of phenols is 2. The van der Waals surface area contributed by atoms with E-state index in [1.165, 1.54) is 38.5 Å². The number of ether oxygens (including phenoxy) is 2. The fourth-order valence-corrected chi connectivity index (χ4v) is 2.79. The summed E-state index contributed by atoms with van der Waals surface area (Å²) < 4.78 is 10.0. The van der Waals surface area contributed by atoms with Gasteiger partial charge in [-0.2, -0.15) is 0 Å². The molecule has 23 heavy (non-hydrogen) atoms. The van der Waals surface area contributed by atoms with Gasteiger partial charge in [-0.15, -0.1) is 0 Å². The van der Waals surface area contributed by atoms with Crippen LogP contribution in [0.25, 0.3) is 0 Å². The van der Waals surface area contributed by atoms with Gasteiger partial charge in [-0.05, 0) is 18.2 Å². The summed E-state index contributed by atoms with van der Waals surface area (Å²) in [6.07, 6.45) is 0. The Bertz CT molecular complexity index is 837. The van der Waals surface area contributed by atoms with E-state index in [0.29, 0.717) is 5.56 Å². The van der Waals surface area contributed by atoms with Crippen LogP contribution in [0.3, 0.4) is 0 Å². The highest BCUT2D eigenvalue weighted by Gasteiger charge is 2.36. The highest BCUT2D eigenvalue weighted by Crippen LogP contribution is 2.41. The van der Waals surface area contributed by atoms with Crippen molar-refractivity contribution in [2.75, 3.05) is 14.2 Å². The largest absolute Gasteiger partial charge is 0.507 e. The minimum absolute atomic E-state index is 0.00360. The van der Waals surface area contributed by atoms with Crippen molar-refractivity contribution < 1.29 is 29.3 Å². The number of hydrogen-bond acceptors (Lipinski definition) is 6. The van der Waals surface area contributed by atoms with Gasteiger partial charge < -0.3 is 19.7 Å². The van der Waals surface area contributed by atoms with E-state index >= 15 is 0 Å². The molecule has 2 N–H and O–H groups in total. The van der Waals surface area contributed by atoms with Gasteiger partial charge in [-0.25, -0.2) is 0 Å². The molecule has 3 rings (SSSR count). The molecule has 6 nitrogen and oxygen atoms in total. The Morgan fingerprint density at radius 1 is 0.913 bits per heavy atom. The van der Waals surface area contributed by atoms with Crippen LogP contribution in [0.15, 0.2) is 24.3 Å². The van der Waals surface area contributed by atoms with Crippen molar-refractivity contribution in [2.24, 2.45) is 0 Å². The van der Waals surface area contributed by atoms with Crippen LogP contribution in [0.2, 0.25) is 0 Å². The molecule has 0 unspecified atom stereocenters. The fourth-order valence-electron chi connectivity index (χ4n) is 2.79. The van der Waals surface area contributed by atoms with Crippen LogP contribution in [0.4, 0.5) is 0 Å². The molecule has 0 radical (unpaired) electrons. The van der Waals surface area contributed by atoms with Gasteiger partial charge in [-0.3, -0.25) is 9.59 Å². The summed E-state index contributed by atoms with van der Waals surface area (Å²) in [7, 11) is 2.77. The molecule has 1 aliphatic carbocycles. The minimum Gasteiger partial charge on any atom is -0.507 e. The highest BCUT2D eigenvalue weighted by atomic mass is 16.5. The first-order valence-corrected chi connectivity index (χ1v) is 6.84. The smallest absolute Gasteiger partial charge is 0.198 e. The van der Waals surface area contributed by atoms with E-state index in [9.17, 15) is 19.8 Å². The molecule has 0 amide bonds. The van der Waals surface area contributed by atoms with Crippen molar-refractivity contribution in [3.63, 3.8) is 0 Å². The van der Waals surface area contributed by atoms with E-state index in [4.69, 9.17) is 9.47 Å². The maximum atomic E-state index is 12.7. The molecule has 2 aromatic carbocycles. The maximum Gasteiger partial charge on any atom is 0.198 e. The number of hydrogen-bond donors (Lipinski definition) is 2. The molecule has 0 spiro atoms. The third-order valence-corrected chi connectivity index (χ3v) is 3.85. The summed E-state index contributed by atoms with van der Waals surface area (Å²) in [6, 6.07) is 5.63. The number of benzene rings is 2. The van der Waals surface area contributed by atoms with E-state index in [-0.39, 0.29) is 46.1 Å². The number of rotatable bonds is 3. The molecule has 0 aromatic heterocycles. The zero-order valence-corrected chi connectivity index (χ0v) is 12.5. The number of ketones is 2. The van der Waals surface area contributed by atoms with E-state index in [2.05, 4.69) is 0 Å². The fraction of sp³-hybridized carbons (Fsp3) is 0.176. The Labute approximate surface area is 131 Å². The number of carbonyl (C=O) groups excluding carboxylic acids is 2. The lowest BCUT2D eigenvalue weighted by Gasteiger charge is -2.21. The normalized spacial score (nSPS) is 12.8. The molecule has 0 fully saturated rings. The first-order chi connectivity index (χ1) is 11.0. The number of phenolic OH excluding ortho intramolecular Hbond substituents is 2. The van der Waals surface area contributed by atoms with Crippen molar-refractivity contribution in [1.29, 1.82) is 0 Å². The van der Waals surface area contributed by atoms with Crippen LogP contribution in [0, 0.1) is 0 Å². The molecule has 118 valence electrons. The Morgan fingerprint density at radius 2 is 1.52 bits per heavy atom. The van der Waals surface area contributed by atoms with Gasteiger partial charge in [0.1, 0.15) is 5.75 Å². The molecule has 1 aliphatic rings. The SMILES string of the molecule is COCc1ccc2c(c1O)C(=O)c1ccc(O)c(OC)c1C2=O. The first kappa shape index (κ1) is 15.1. The summed E-state index contributed by atoms with van der Waals surface area (Å²) in [6.45, 7) is 0.117. The molecule has 2 aromatic rings. The molecular weight excluding hydrogens is 300 g/mol. The predicted octanol–water partition coefficient (Wildman–Crippen LogP) is 2.03. The molecule has 0 bridgehead atoms. The third kappa shape index (κ3) is 2.07. The zero-order valence-electron chi connectivity index (χ0n) is 12.5. The number of carbonyl (C=O) groups is 2. The van der Waals surface area contributed by atoms with Gasteiger partial charge >= 0.3 is 0 Å². The Morgan fingerprint density at radius 3 is 2.17 bits per heavy atom. The van der Waals surface area contributed by atoms with Crippen LogP contribution in [-0.2, 0) is 11.3 Å². The summed E-state index contributed by atoms with van der Waals surface area (Å²) in [5.41, 5.74) is 0.529. The lowest BCUT2D eigenvalue weighted by Crippen LogP contribution is -2.22. The van der Waals surface area contributed by atoms with Gasteiger partial charge in [0.15, 0.2) is 23.1 Å². The first-order valence-electron chi connectivity index (χ1n) is 6.84. The molecule has 0 atom stereocenters. The summed E-state index contributed by atoms with van der Waals surface area (Å²) in [4.78, 5) is 25.4. The van der Waals surface area contributed by atoms with E-state index in [0.717, 1.165) is 0 Å². The Kier molecular flexibility index (Phi) is 3.54. The quantitative estimate of drug-likeness (QED) is 0.768. The van der Waals surface area contributed by atoms with Crippen molar-refractivity contribution >= 4 is 11.6 Å². The van der Waals surface area contributed by atoms with Crippen LogP contribution in [0.5, 0.6) is 17.2 Å². The van der Waals surface area contributed by atoms with E-state index < -0.39 is 11.6 Å². The van der Waals surface area contributed by atoms with Crippen molar-refractivity contribution in [3.8, 4) is 17.2 Å². The van der Waals surface area contributed by atoms with Gasteiger partial charge in [-0.1, -0.05) is 6.07 Å². The lowest BCUT2D eigenvalue weighted by atomic mass is 9.82. The second-order valence-corrected chi connectivity index (χ2v) is 5.13. The average Bonchev–Trinajstić information content (AvgIpc) is 2.54. The second-order valence-electron chi connectivity index (χ2n) is 5.13. The monoisotopic (exact) mass is 314 g/mol. The molecule has 6 heteroatoms. The van der Waals surface area contributed by atoms with Gasteiger partial charge in [0.25, 0.3) is 0 Å². The van der Waals surface area contributed by atoms with E-state index in [1.807, 2.05) is 0 Å². The van der Waals surface area contributed by atoms with Gasteiger partial charge in [0.05, 0.1) is 24.8 Å². The Balaban J connectivity index is 2.29. The van der Waals surface area contributed by atoms with Crippen molar-refractivity contribution in [3.05, 3.63) is 52.1 Å². The van der Waals surface area contributed by atoms with Crippen molar-refractivity contribution in [2.45, 2.75) is 6.61 Å². The van der Waals surface area contributed by atoms with Gasteiger partial charge in [0, 0.05) is 23.8 Å². The summed E-state index contributed by atoms with van der Waals surface area (Å²) in [5.74, 6) is -1.52. The number of methoxy groups -OCH3 is 2. The average molecular weight is 314 g/mol. The number of aromatic hydroxyl groups is 2. The molecule has 0 saturated carbocycles. The van der Waals surface area contributed by atoms with Crippen LogP contribution in [0.1, 0.15) is 37.4 Å². The standard InChI is InChI=1S/C17H14O6/c1-22-7-8-3-4-9-12(14(8)19)15(20)10-5-6-11(18)17(23-2)13(10)16(9)21/h3-6,18-19H,7H2,1-2H3. The molecule has 0 aliphatic heterocycles. The van der Waals surface area contributed by atoms with Gasteiger partial charge in [0.2, 0.25) is 0 Å². The molecular formula is C17H14O6. The highest BCUT2D eigenvalue weighted by molar-refractivity contribution is 6.30. The summed E-state index contributed by atoms with van der Waals surface area (Å²) in [5, 5.41) is 20.2. The third-order valence-electron chi connectivity index (χ3n) is 3.85. The van der Waals surface area contributed by atoms with Crippen LogP contribution < -0.4 is 4.74 Å². The second kappa shape index (κ2) is 5.40. The lowest BCUT2D eigenvalue weighted by molar-refractivity contribution is 0.0973. The van der Waals surface area contributed by atoms with E-state index in [1.54, 1.807) is 0 Å².